The van der Waals surface area contributed by atoms with Crippen LogP contribution < -0.4 is 0 Å². The lowest BCUT2D eigenvalue weighted by atomic mass is 9.74. The Kier molecular flexibility index (Phi) is 6.50. The average Bonchev–Trinajstić information content (AvgIpc) is 3.22. The fraction of sp³-hybridized carbons (Fsp3) is 0.385. The smallest absolute Gasteiger partial charge is 0.0991 e. The maximum Gasteiger partial charge on any atom is 0.0991 e. The van der Waals surface area contributed by atoms with Gasteiger partial charge < -0.3 is 9.67 Å². The summed E-state index contributed by atoms with van der Waals surface area (Å²) in [7, 11) is 0. The van der Waals surface area contributed by atoms with E-state index in [1.54, 1.807) is 0 Å². The molecule has 0 radical (unpaired) electrons. The lowest BCUT2D eigenvalue weighted by molar-refractivity contribution is 0.0406. The number of aliphatic hydroxyl groups excluding tert-OH is 1. The van der Waals surface area contributed by atoms with Gasteiger partial charge >= 0.3 is 0 Å². The highest BCUT2D eigenvalue weighted by Crippen LogP contribution is 2.35. The van der Waals surface area contributed by atoms with Crippen LogP contribution in [0.5, 0.6) is 0 Å². The fourth-order valence-electron chi connectivity index (χ4n) is 4.56. The van der Waals surface area contributed by atoms with Gasteiger partial charge in [-0.2, -0.15) is 5.26 Å². The molecule has 1 aliphatic heterocycles. The molecular formula is C26H30N4O. The summed E-state index contributed by atoms with van der Waals surface area (Å²) in [4.78, 5) is 6.84. The summed E-state index contributed by atoms with van der Waals surface area (Å²) in [5.74, 6) is 0. The summed E-state index contributed by atoms with van der Waals surface area (Å²) >= 11 is 0. The number of nitrogens with zero attached hydrogens (tertiary/aromatic N) is 4. The molecule has 4 rings (SSSR count). The zero-order valence-electron chi connectivity index (χ0n) is 18.2. The van der Waals surface area contributed by atoms with Crippen molar-refractivity contribution in [2.45, 2.75) is 39.3 Å². The van der Waals surface area contributed by atoms with Crippen molar-refractivity contribution < 1.29 is 5.11 Å². The number of nitriles is 1. The molecular weight excluding hydrogens is 384 g/mol. The summed E-state index contributed by atoms with van der Waals surface area (Å²) in [6.45, 7) is 5.94. The third-order valence-electron chi connectivity index (χ3n) is 6.53. The standard InChI is InChI=1S/C26H30N4O/c1-21-3-2-4-24(13-21)14-26(19-31)9-11-29(12-10-26)18-25-16-28-20-30(25)17-23-7-5-22(15-27)6-8-23/h2-8,13,16,20,31H,9-12,14,17-19H2,1H3. The molecule has 0 saturated carbocycles. The fourth-order valence-corrected chi connectivity index (χ4v) is 4.56. The van der Waals surface area contributed by atoms with Crippen molar-refractivity contribution in [2.24, 2.45) is 5.41 Å². The SMILES string of the molecule is Cc1cccc(CC2(CO)CCN(Cc3cncn3Cc3ccc(C#N)cc3)CC2)c1. The minimum Gasteiger partial charge on any atom is -0.396 e. The predicted octanol–water partition coefficient (Wildman–Crippen LogP) is 3.93. The van der Waals surface area contributed by atoms with Gasteiger partial charge in [0.25, 0.3) is 0 Å². The highest BCUT2D eigenvalue weighted by molar-refractivity contribution is 5.31. The summed E-state index contributed by atoms with van der Waals surface area (Å²) in [6, 6.07) is 18.5. The first kappa shape index (κ1) is 21.3. The molecule has 0 bridgehead atoms. The lowest BCUT2D eigenvalue weighted by Gasteiger charge is -2.41. The Hall–Kier alpha value is -2.94. The molecule has 0 unspecified atom stereocenters. The van der Waals surface area contributed by atoms with Gasteiger partial charge in [-0.1, -0.05) is 42.0 Å². The van der Waals surface area contributed by atoms with Gasteiger partial charge in [-0.25, -0.2) is 4.98 Å². The van der Waals surface area contributed by atoms with Gasteiger partial charge in [0.1, 0.15) is 0 Å². The molecule has 1 aromatic heterocycles. The molecule has 0 spiro atoms. The van der Waals surface area contributed by atoms with E-state index >= 15 is 0 Å². The first-order valence-electron chi connectivity index (χ1n) is 11.0. The number of hydrogen-bond donors (Lipinski definition) is 1. The topological polar surface area (TPSA) is 65.1 Å². The molecule has 0 atom stereocenters. The van der Waals surface area contributed by atoms with E-state index < -0.39 is 0 Å². The number of imidazole rings is 1. The molecule has 1 saturated heterocycles. The monoisotopic (exact) mass is 414 g/mol. The Morgan fingerprint density at radius 3 is 2.52 bits per heavy atom. The van der Waals surface area contributed by atoms with Crippen LogP contribution in [-0.2, 0) is 19.5 Å². The van der Waals surface area contributed by atoms with Crippen LogP contribution in [0.25, 0.3) is 0 Å². The molecule has 0 amide bonds. The molecule has 1 N–H and O–H groups in total. The normalized spacial score (nSPS) is 16.2. The number of benzene rings is 2. The maximum absolute atomic E-state index is 10.2. The molecule has 1 fully saturated rings. The van der Waals surface area contributed by atoms with Crippen LogP contribution in [0.15, 0.2) is 61.1 Å². The minimum absolute atomic E-state index is 0.0208. The second-order valence-electron chi connectivity index (χ2n) is 8.92. The largest absolute Gasteiger partial charge is 0.396 e. The molecule has 3 aromatic rings. The van der Waals surface area contributed by atoms with E-state index in [0.29, 0.717) is 5.56 Å². The van der Waals surface area contributed by atoms with E-state index in [2.05, 4.69) is 51.7 Å². The average molecular weight is 415 g/mol. The minimum atomic E-state index is -0.0208. The number of aryl methyl sites for hydroxylation is 1. The first-order valence-corrected chi connectivity index (χ1v) is 11.0. The molecule has 2 heterocycles. The van der Waals surface area contributed by atoms with Crippen molar-refractivity contribution in [1.29, 1.82) is 5.26 Å². The van der Waals surface area contributed by atoms with Gasteiger partial charge in [0.05, 0.1) is 23.7 Å². The summed E-state index contributed by atoms with van der Waals surface area (Å²) < 4.78 is 2.18. The molecule has 31 heavy (non-hydrogen) atoms. The zero-order valence-corrected chi connectivity index (χ0v) is 18.2. The van der Waals surface area contributed by atoms with Gasteiger partial charge in [-0.15, -0.1) is 0 Å². The summed E-state index contributed by atoms with van der Waals surface area (Å²) in [6.07, 6.45) is 6.77. The number of piperidine rings is 1. The number of aliphatic hydroxyl groups is 1. The Labute approximate surface area is 184 Å². The third kappa shape index (κ3) is 5.22. The quantitative estimate of drug-likeness (QED) is 0.636. The third-order valence-corrected chi connectivity index (χ3v) is 6.53. The van der Waals surface area contributed by atoms with Gasteiger partial charge in [0, 0.05) is 25.9 Å². The number of hydrogen-bond acceptors (Lipinski definition) is 4. The van der Waals surface area contributed by atoms with E-state index in [1.807, 2.05) is 36.8 Å². The highest BCUT2D eigenvalue weighted by Gasteiger charge is 2.34. The van der Waals surface area contributed by atoms with Crippen LogP contribution in [0.3, 0.4) is 0 Å². The number of aromatic nitrogens is 2. The van der Waals surface area contributed by atoms with Crippen LogP contribution in [-0.4, -0.2) is 39.3 Å². The molecule has 1 aliphatic rings. The van der Waals surface area contributed by atoms with Gasteiger partial charge in [-0.05, 0) is 68.0 Å². The second kappa shape index (κ2) is 9.47. The van der Waals surface area contributed by atoms with Crippen LogP contribution >= 0.6 is 0 Å². The molecule has 2 aromatic carbocycles. The van der Waals surface area contributed by atoms with Crippen molar-refractivity contribution in [1.82, 2.24) is 14.5 Å². The van der Waals surface area contributed by atoms with Gasteiger partial charge in [0.2, 0.25) is 0 Å². The van der Waals surface area contributed by atoms with Gasteiger partial charge in [-0.3, -0.25) is 4.90 Å². The van der Waals surface area contributed by atoms with Crippen LogP contribution in [0.1, 0.15) is 40.8 Å². The van der Waals surface area contributed by atoms with Crippen molar-refractivity contribution >= 4 is 0 Å². The van der Waals surface area contributed by atoms with Crippen LogP contribution in [0.4, 0.5) is 0 Å². The maximum atomic E-state index is 10.2. The molecule has 160 valence electrons. The van der Waals surface area contributed by atoms with Crippen LogP contribution in [0, 0.1) is 23.7 Å². The van der Waals surface area contributed by atoms with Crippen LogP contribution in [0.2, 0.25) is 0 Å². The highest BCUT2D eigenvalue weighted by atomic mass is 16.3. The van der Waals surface area contributed by atoms with Crippen molar-refractivity contribution in [2.75, 3.05) is 19.7 Å². The van der Waals surface area contributed by atoms with Gasteiger partial charge in [0.15, 0.2) is 0 Å². The number of rotatable bonds is 7. The Morgan fingerprint density at radius 1 is 1.06 bits per heavy atom. The summed E-state index contributed by atoms with van der Waals surface area (Å²) in [5.41, 5.74) is 5.61. The van der Waals surface area contributed by atoms with E-state index in [1.165, 1.54) is 16.8 Å². The molecule has 5 nitrogen and oxygen atoms in total. The van der Waals surface area contributed by atoms with E-state index in [-0.39, 0.29) is 12.0 Å². The van der Waals surface area contributed by atoms with E-state index in [9.17, 15) is 5.11 Å². The molecule has 0 aliphatic carbocycles. The predicted molar refractivity (Wildman–Crippen MR) is 121 cm³/mol. The zero-order chi connectivity index (χ0) is 21.7. The van der Waals surface area contributed by atoms with Crippen molar-refractivity contribution in [3.8, 4) is 6.07 Å². The van der Waals surface area contributed by atoms with E-state index in [0.717, 1.165) is 51.0 Å². The Balaban J connectivity index is 1.36. The van der Waals surface area contributed by atoms with Crippen molar-refractivity contribution in [3.63, 3.8) is 0 Å². The number of likely N-dealkylation sites (tertiary alicyclic amines) is 1. The second-order valence-corrected chi connectivity index (χ2v) is 8.92. The molecule has 5 heteroatoms. The van der Waals surface area contributed by atoms with E-state index in [4.69, 9.17) is 5.26 Å². The summed E-state index contributed by atoms with van der Waals surface area (Å²) in [5, 5.41) is 19.2. The Bertz CT molecular complexity index is 1040. The van der Waals surface area contributed by atoms with Crippen molar-refractivity contribution in [3.05, 3.63) is 89.0 Å². The first-order chi connectivity index (χ1) is 15.1. The lowest BCUT2D eigenvalue weighted by Crippen LogP contribution is -2.43. The Morgan fingerprint density at radius 2 is 1.84 bits per heavy atom.